The van der Waals surface area contributed by atoms with Crippen molar-refractivity contribution >= 4 is 55.0 Å². The Morgan fingerprint density at radius 3 is 2.51 bits per heavy atom. The van der Waals surface area contributed by atoms with Gasteiger partial charge in [-0.2, -0.15) is 23.4 Å². The van der Waals surface area contributed by atoms with Crippen LogP contribution in [0.2, 0.25) is 0 Å². The first-order chi connectivity index (χ1) is 19.4. The fraction of sp³-hybridized carbons (Fsp3) is 0.333. The average Bonchev–Trinajstić information content (AvgIpc) is 3.45. The van der Waals surface area contributed by atoms with Crippen molar-refractivity contribution in [2.24, 2.45) is 0 Å². The van der Waals surface area contributed by atoms with Gasteiger partial charge in [-0.25, -0.2) is 13.8 Å². The molecule has 2 atom stereocenters. The summed E-state index contributed by atoms with van der Waals surface area (Å²) in [6.45, 7) is 2.11. The highest BCUT2D eigenvalue weighted by Crippen LogP contribution is 2.48. The molecule has 6 rings (SSSR count). The first-order valence-corrected chi connectivity index (χ1v) is 13.5. The second-order valence-corrected chi connectivity index (χ2v) is 11.3. The Balaban J connectivity index is 1.72. The normalized spacial score (nSPS) is 18.7. The van der Waals surface area contributed by atoms with E-state index in [2.05, 4.69) is 15.3 Å². The van der Waals surface area contributed by atoms with E-state index in [-0.39, 0.29) is 55.5 Å². The molecule has 0 spiro atoms. The van der Waals surface area contributed by atoms with Gasteiger partial charge in [0.25, 0.3) is 0 Å². The molecule has 2 aromatic heterocycles. The van der Waals surface area contributed by atoms with E-state index < -0.39 is 40.4 Å². The highest BCUT2D eigenvalue weighted by Gasteiger charge is 2.40. The Bertz CT molecular complexity index is 1790. The zero-order valence-corrected chi connectivity index (χ0v) is 22.6. The van der Waals surface area contributed by atoms with E-state index in [4.69, 9.17) is 5.73 Å². The number of fused-ring (bicyclic) bond motifs is 4. The van der Waals surface area contributed by atoms with Gasteiger partial charge in [0.2, 0.25) is 11.9 Å². The topological polar surface area (TPSA) is 111 Å². The maximum atomic E-state index is 16.6. The number of carbonyl (C=O) groups excluding carboxylic acids is 1. The number of thiophene rings is 1. The number of nitrogens with zero attached hydrogens (tertiary/aromatic N) is 5. The van der Waals surface area contributed by atoms with Gasteiger partial charge in [-0.15, -0.1) is 11.3 Å². The standard InChI is InChI=1S/C27H22F5N7OS/c1-11(40)38(2)26-36-22-15(25(37-26)39-9-12-3-4-13(10-39)35-12)7-17(27(30,31)32)20(21(22)29)14-5-6-18(28)23-19(14)16(8-33)24(34)41-23/h5-7,12-13,35H,3-4,9-10,34H2,1-2H3. The molecule has 2 aliphatic heterocycles. The van der Waals surface area contributed by atoms with Gasteiger partial charge in [-0.3, -0.25) is 9.69 Å². The van der Waals surface area contributed by atoms with Gasteiger partial charge in [0.15, 0.2) is 5.82 Å². The Hall–Kier alpha value is -4.09. The van der Waals surface area contributed by atoms with E-state index in [1.807, 2.05) is 0 Å². The third-order valence-electron chi connectivity index (χ3n) is 7.69. The van der Waals surface area contributed by atoms with Gasteiger partial charge in [-0.05, 0) is 30.5 Å². The van der Waals surface area contributed by atoms with Crippen molar-refractivity contribution in [1.29, 1.82) is 5.26 Å². The van der Waals surface area contributed by atoms with Crippen molar-refractivity contribution in [2.45, 2.75) is 38.0 Å². The molecule has 0 aliphatic carbocycles. The molecule has 1 amide bonds. The predicted molar refractivity (Wildman–Crippen MR) is 146 cm³/mol. The fourth-order valence-electron chi connectivity index (χ4n) is 5.70. The number of amides is 1. The summed E-state index contributed by atoms with van der Waals surface area (Å²) in [6, 6.07) is 4.68. The molecule has 4 aromatic rings. The molecule has 14 heteroatoms. The number of hydrogen-bond donors (Lipinski definition) is 2. The van der Waals surface area contributed by atoms with Crippen LogP contribution < -0.4 is 20.9 Å². The van der Waals surface area contributed by atoms with Crippen LogP contribution in [-0.4, -0.2) is 48.1 Å². The first-order valence-electron chi connectivity index (χ1n) is 12.7. The van der Waals surface area contributed by atoms with Crippen LogP contribution in [-0.2, 0) is 11.0 Å². The van der Waals surface area contributed by atoms with Crippen LogP contribution in [0.5, 0.6) is 0 Å². The Morgan fingerprint density at radius 1 is 1.22 bits per heavy atom. The number of nitrogens with two attached hydrogens (primary N) is 1. The highest BCUT2D eigenvalue weighted by atomic mass is 32.1. The lowest BCUT2D eigenvalue weighted by molar-refractivity contribution is -0.137. The Labute approximate surface area is 234 Å². The minimum atomic E-state index is -5.05. The zero-order chi connectivity index (χ0) is 29.4. The molecule has 2 fully saturated rings. The lowest BCUT2D eigenvalue weighted by Crippen LogP contribution is -2.51. The van der Waals surface area contributed by atoms with Crippen LogP contribution in [0.1, 0.15) is 30.9 Å². The van der Waals surface area contributed by atoms with E-state index in [0.717, 1.165) is 35.9 Å². The number of nitriles is 1. The smallest absolute Gasteiger partial charge is 0.389 e. The van der Waals surface area contributed by atoms with Crippen LogP contribution in [0.15, 0.2) is 18.2 Å². The van der Waals surface area contributed by atoms with Crippen molar-refractivity contribution < 1.29 is 26.7 Å². The summed E-state index contributed by atoms with van der Waals surface area (Å²) in [4.78, 5) is 23.7. The maximum absolute atomic E-state index is 16.6. The van der Waals surface area contributed by atoms with Crippen molar-refractivity contribution in [1.82, 2.24) is 15.3 Å². The molecule has 0 radical (unpaired) electrons. The quantitative estimate of drug-likeness (QED) is 0.318. The number of piperazine rings is 1. The molecular formula is C27H22F5N7OS. The molecule has 0 saturated carbocycles. The summed E-state index contributed by atoms with van der Waals surface area (Å²) in [6.07, 6.45) is -3.29. The van der Waals surface area contributed by atoms with E-state index >= 15 is 4.39 Å². The van der Waals surface area contributed by atoms with E-state index in [9.17, 15) is 27.6 Å². The number of hydrogen-bond acceptors (Lipinski definition) is 8. The third-order valence-corrected chi connectivity index (χ3v) is 8.72. The number of anilines is 3. The van der Waals surface area contributed by atoms with Crippen molar-refractivity contribution in [3.05, 3.63) is 41.0 Å². The summed E-state index contributed by atoms with van der Waals surface area (Å²) in [5.74, 6) is -2.71. The molecule has 2 aromatic carbocycles. The number of halogens is 5. The molecule has 2 aliphatic rings. The second kappa shape index (κ2) is 9.49. The molecule has 2 unspecified atom stereocenters. The molecular weight excluding hydrogens is 565 g/mol. The molecule has 2 bridgehead atoms. The second-order valence-electron chi connectivity index (χ2n) is 10.2. The number of nitrogens with one attached hydrogen (secondary N) is 1. The van der Waals surface area contributed by atoms with Crippen LogP contribution in [0.25, 0.3) is 32.1 Å². The number of carbonyl (C=O) groups is 1. The van der Waals surface area contributed by atoms with Gasteiger partial charge >= 0.3 is 6.18 Å². The number of rotatable bonds is 3. The number of alkyl halides is 3. The minimum Gasteiger partial charge on any atom is -0.389 e. The van der Waals surface area contributed by atoms with Gasteiger partial charge in [0.05, 0.1) is 15.8 Å². The van der Waals surface area contributed by atoms with Crippen LogP contribution in [0, 0.1) is 23.0 Å². The van der Waals surface area contributed by atoms with E-state index in [1.165, 1.54) is 14.0 Å². The molecule has 4 heterocycles. The van der Waals surface area contributed by atoms with Crippen molar-refractivity contribution in [3.63, 3.8) is 0 Å². The van der Waals surface area contributed by atoms with Gasteiger partial charge in [0, 0.05) is 55.5 Å². The largest absolute Gasteiger partial charge is 0.417 e. The maximum Gasteiger partial charge on any atom is 0.417 e. The SMILES string of the molecule is CC(=O)N(C)c1nc(N2CC3CCC(C2)N3)c2cc(C(F)(F)F)c(-c3ccc(F)c4sc(N)c(C#N)c34)c(F)c2n1. The van der Waals surface area contributed by atoms with Gasteiger partial charge in [0.1, 0.15) is 28.2 Å². The third kappa shape index (κ3) is 4.31. The fourth-order valence-corrected chi connectivity index (χ4v) is 6.65. The Morgan fingerprint density at radius 2 is 1.90 bits per heavy atom. The summed E-state index contributed by atoms with van der Waals surface area (Å²) in [5.41, 5.74) is 2.62. The molecule has 3 N–H and O–H groups in total. The Kier molecular flexibility index (Phi) is 6.27. The molecule has 8 nitrogen and oxygen atoms in total. The van der Waals surface area contributed by atoms with Crippen LogP contribution >= 0.6 is 11.3 Å². The summed E-state index contributed by atoms with van der Waals surface area (Å²) in [5, 5.41) is 12.6. The molecule has 41 heavy (non-hydrogen) atoms. The summed E-state index contributed by atoms with van der Waals surface area (Å²) in [7, 11) is 1.38. The lowest BCUT2D eigenvalue weighted by atomic mass is 9.92. The predicted octanol–water partition coefficient (Wildman–Crippen LogP) is 5.19. The molecule has 212 valence electrons. The summed E-state index contributed by atoms with van der Waals surface area (Å²) >= 11 is 0.693. The lowest BCUT2D eigenvalue weighted by Gasteiger charge is -2.35. The van der Waals surface area contributed by atoms with Crippen molar-refractivity contribution in [2.75, 3.05) is 35.7 Å². The first kappa shape index (κ1) is 27.1. The number of nitrogen functional groups attached to an aromatic ring is 1. The van der Waals surface area contributed by atoms with E-state index in [0.29, 0.717) is 24.4 Å². The average molecular weight is 588 g/mol. The molecule has 2 saturated heterocycles. The number of benzene rings is 2. The highest BCUT2D eigenvalue weighted by molar-refractivity contribution is 7.23. The van der Waals surface area contributed by atoms with Gasteiger partial charge < -0.3 is 16.0 Å². The minimum absolute atomic E-state index is 0.0780. The summed E-state index contributed by atoms with van der Waals surface area (Å²) < 4.78 is 75.2. The van der Waals surface area contributed by atoms with Crippen LogP contribution in [0.4, 0.5) is 38.7 Å². The van der Waals surface area contributed by atoms with Crippen LogP contribution in [0.3, 0.4) is 0 Å². The zero-order valence-electron chi connectivity index (χ0n) is 21.7. The van der Waals surface area contributed by atoms with Gasteiger partial charge in [-0.1, -0.05) is 6.07 Å². The number of aromatic nitrogens is 2. The monoisotopic (exact) mass is 587 g/mol. The van der Waals surface area contributed by atoms with Crippen molar-refractivity contribution in [3.8, 4) is 17.2 Å². The van der Waals surface area contributed by atoms with E-state index in [1.54, 1.807) is 11.0 Å².